The highest BCUT2D eigenvalue weighted by molar-refractivity contribution is 7.89. The average molecular weight is 245 g/mol. The molecule has 1 rings (SSSR count). The Balaban J connectivity index is 2.21. The van der Waals surface area contributed by atoms with Crippen molar-refractivity contribution in [2.45, 2.75) is 51.9 Å². The van der Waals surface area contributed by atoms with Crippen LogP contribution >= 0.6 is 0 Å². The van der Waals surface area contributed by atoms with Crippen molar-refractivity contribution < 1.29 is 8.42 Å². The summed E-state index contributed by atoms with van der Waals surface area (Å²) in [5.41, 5.74) is 1.42. The topological polar surface area (TPSA) is 46.2 Å². The van der Waals surface area contributed by atoms with E-state index >= 15 is 0 Å². The summed E-state index contributed by atoms with van der Waals surface area (Å²) in [7, 11) is -3.02. The summed E-state index contributed by atoms with van der Waals surface area (Å²) in [6, 6.07) is 0. The lowest BCUT2D eigenvalue weighted by atomic mass is 9.97. The van der Waals surface area contributed by atoms with E-state index in [-0.39, 0.29) is 5.75 Å². The van der Waals surface area contributed by atoms with Gasteiger partial charge in [-0.2, -0.15) is 0 Å². The maximum absolute atomic E-state index is 11.5. The number of nitrogens with one attached hydrogen (secondary N) is 1. The molecule has 0 aromatic heterocycles. The Bertz CT molecular complexity index is 320. The fourth-order valence-corrected chi connectivity index (χ4v) is 3.13. The maximum atomic E-state index is 11.5. The van der Waals surface area contributed by atoms with Crippen molar-refractivity contribution in [3.05, 3.63) is 11.6 Å². The van der Waals surface area contributed by atoms with Gasteiger partial charge in [-0.15, -0.1) is 0 Å². The molecule has 1 aliphatic rings. The molecule has 1 aliphatic carbocycles. The molecule has 0 atom stereocenters. The first kappa shape index (κ1) is 13.7. The third-order valence-corrected chi connectivity index (χ3v) is 4.39. The molecule has 0 heterocycles. The summed E-state index contributed by atoms with van der Waals surface area (Å²) in [5, 5.41) is 0. The van der Waals surface area contributed by atoms with E-state index in [1.807, 2.05) is 6.92 Å². The zero-order chi connectivity index (χ0) is 11.9. The van der Waals surface area contributed by atoms with Crippen LogP contribution in [0.3, 0.4) is 0 Å². The van der Waals surface area contributed by atoms with Crippen LogP contribution in [0.15, 0.2) is 11.6 Å². The van der Waals surface area contributed by atoms with Crippen molar-refractivity contribution in [3.8, 4) is 0 Å². The molecular formula is C12H23NO2S. The summed E-state index contributed by atoms with van der Waals surface area (Å²) < 4.78 is 25.7. The van der Waals surface area contributed by atoms with Crippen LogP contribution in [0, 0.1) is 0 Å². The SMILES string of the molecule is CCCCS(=O)(=O)NCCC1=CCCCC1. The first-order valence-electron chi connectivity index (χ1n) is 6.29. The van der Waals surface area contributed by atoms with Gasteiger partial charge in [-0.05, 0) is 38.5 Å². The van der Waals surface area contributed by atoms with Crippen molar-refractivity contribution in [3.63, 3.8) is 0 Å². The lowest BCUT2D eigenvalue weighted by Gasteiger charge is -2.13. The minimum Gasteiger partial charge on any atom is -0.215 e. The number of rotatable bonds is 7. The van der Waals surface area contributed by atoms with E-state index in [2.05, 4.69) is 10.8 Å². The maximum Gasteiger partial charge on any atom is 0.211 e. The second-order valence-electron chi connectivity index (χ2n) is 4.42. The zero-order valence-corrected chi connectivity index (χ0v) is 11.0. The van der Waals surface area contributed by atoms with E-state index in [1.165, 1.54) is 18.4 Å². The molecule has 0 aromatic carbocycles. The van der Waals surface area contributed by atoms with Crippen LogP contribution in [0.25, 0.3) is 0 Å². The number of allylic oxidation sites excluding steroid dienone is 1. The van der Waals surface area contributed by atoms with Gasteiger partial charge in [-0.3, -0.25) is 0 Å². The quantitative estimate of drug-likeness (QED) is 0.701. The molecule has 1 N–H and O–H groups in total. The fraction of sp³-hybridized carbons (Fsp3) is 0.833. The molecule has 0 saturated heterocycles. The van der Waals surface area contributed by atoms with E-state index in [0.29, 0.717) is 6.54 Å². The van der Waals surface area contributed by atoms with Crippen LogP contribution in [-0.4, -0.2) is 20.7 Å². The van der Waals surface area contributed by atoms with Gasteiger partial charge >= 0.3 is 0 Å². The monoisotopic (exact) mass is 245 g/mol. The van der Waals surface area contributed by atoms with Gasteiger partial charge in [0.25, 0.3) is 0 Å². The molecule has 0 spiro atoms. The van der Waals surface area contributed by atoms with Gasteiger partial charge in [0.15, 0.2) is 0 Å². The van der Waals surface area contributed by atoms with Gasteiger partial charge in [0.2, 0.25) is 10.0 Å². The van der Waals surface area contributed by atoms with Crippen molar-refractivity contribution in [1.82, 2.24) is 4.72 Å². The summed E-state index contributed by atoms with van der Waals surface area (Å²) in [4.78, 5) is 0. The third kappa shape index (κ3) is 5.66. The Hall–Kier alpha value is -0.350. The van der Waals surface area contributed by atoms with Gasteiger partial charge < -0.3 is 0 Å². The van der Waals surface area contributed by atoms with Gasteiger partial charge in [-0.1, -0.05) is 25.0 Å². The minimum absolute atomic E-state index is 0.266. The highest BCUT2D eigenvalue weighted by Crippen LogP contribution is 2.19. The summed E-state index contributed by atoms with van der Waals surface area (Å²) >= 11 is 0. The van der Waals surface area contributed by atoms with Crippen LogP contribution in [0.5, 0.6) is 0 Å². The van der Waals surface area contributed by atoms with Crippen molar-refractivity contribution in [2.24, 2.45) is 0 Å². The molecule has 0 radical (unpaired) electrons. The molecule has 0 saturated carbocycles. The van der Waals surface area contributed by atoms with Crippen molar-refractivity contribution in [1.29, 1.82) is 0 Å². The summed E-state index contributed by atoms with van der Waals surface area (Å²) in [6.45, 7) is 2.57. The number of sulfonamides is 1. The number of unbranched alkanes of at least 4 members (excludes halogenated alkanes) is 1. The van der Waals surface area contributed by atoms with Crippen LogP contribution in [0.4, 0.5) is 0 Å². The Morgan fingerprint density at radius 1 is 1.38 bits per heavy atom. The molecule has 4 heteroatoms. The van der Waals surface area contributed by atoms with Gasteiger partial charge in [0.05, 0.1) is 5.75 Å². The Kier molecular flexibility index (Phi) is 6.06. The highest BCUT2D eigenvalue weighted by Gasteiger charge is 2.09. The molecule has 16 heavy (non-hydrogen) atoms. The molecule has 3 nitrogen and oxygen atoms in total. The van der Waals surface area contributed by atoms with E-state index in [9.17, 15) is 8.42 Å². The Labute approximate surface area is 99.4 Å². The van der Waals surface area contributed by atoms with Crippen LogP contribution in [0.1, 0.15) is 51.9 Å². The summed E-state index contributed by atoms with van der Waals surface area (Å²) in [6.07, 6.45) is 9.67. The molecule has 0 amide bonds. The minimum atomic E-state index is -3.02. The standard InChI is InChI=1S/C12H23NO2S/c1-2-3-11-16(14,15)13-10-9-12-7-5-4-6-8-12/h7,13H,2-6,8-11H2,1H3. The van der Waals surface area contributed by atoms with E-state index in [1.54, 1.807) is 0 Å². The molecule has 0 fully saturated rings. The second-order valence-corrected chi connectivity index (χ2v) is 6.35. The molecule has 0 aromatic rings. The average Bonchev–Trinajstić information content (AvgIpc) is 2.28. The highest BCUT2D eigenvalue weighted by atomic mass is 32.2. The number of hydrogen-bond acceptors (Lipinski definition) is 2. The second kappa shape index (κ2) is 7.07. The van der Waals surface area contributed by atoms with Crippen LogP contribution in [-0.2, 0) is 10.0 Å². The third-order valence-electron chi connectivity index (χ3n) is 2.92. The normalized spacial score (nSPS) is 17.2. The van der Waals surface area contributed by atoms with Crippen molar-refractivity contribution >= 4 is 10.0 Å². The Morgan fingerprint density at radius 3 is 2.81 bits per heavy atom. The van der Waals surface area contributed by atoms with Crippen LogP contribution in [0.2, 0.25) is 0 Å². The van der Waals surface area contributed by atoms with Gasteiger partial charge in [-0.25, -0.2) is 13.1 Å². The predicted octanol–water partition coefficient (Wildman–Crippen LogP) is 2.60. The first-order chi connectivity index (χ1) is 7.64. The largest absolute Gasteiger partial charge is 0.215 e. The van der Waals surface area contributed by atoms with Crippen molar-refractivity contribution in [2.75, 3.05) is 12.3 Å². The molecular weight excluding hydrogens is 222 g/mol. The van der Waals surface area contributed by atoms with Crippen LogP contribution < -0.4 is 4.72 Å². The van der Waals surface area contributed by atoms with E-state index in [0.717, 1.165) is 32.1 Å². The lowest BCUT2D eigenvalue weighted by Crippen LogP contribution is -2.27. The van der Waals surface area contributed by atoms with Gasteiger partial charge in [0.1, 0.15) is 0 Å². The lowest BCUT2D eigenvalue weighted by molar-refractivity contribution is 0.576. The molecule has 0 bridgehead atoms. The fourth-order valence-electron chi connectivity index (χ4n) is 1.91. The van der Waals surface area contributed by atoms with Gasteiger partial charge in [0, 0.05) is 6.54 Å². The summed E-state index contributed by atoms with van der Waals surface area (Å²) in [5.74, 6) is 0.266. The zero-order valence-electron chi connectivity index (χ0n) is 10.2. The number of hydrogen-bond donors (Lipinski definition) is 1. The molecule has 0 unspecified atom stereocenters. The first-order valence-corrected chi connectivity index (χ1v) is 7.94. The predicted molar refractivity (Wildman–Crippen MR) is 67.9 cm³/mol. The smallest absolute Gasteiger partial charge is 0.211 e. The molecule has 0 aliphatic heterocycles. The molecule has 94 valence electrons. The van der Waals surface area contributed by atoms with E-state index in [4.69, 9.17) is 0 Å². The Morgan fingerprint density at radius 2 is 2.19 bits per heavy atom. The van der Waals surface area contributed by atoms with E-state index < -0.39 is 10.0 Å².